The number of pyridine rings is 1. The lowest BCUT2D eigenvalue weighted by Gasteiger charge is -2.12. The molecule has 0 fully saturated rings. The Balaban J connectivity index is 1.92. The van der Waals surface area contributed by atoms with Crippen molar-refractivity contribution >= 4 is 22.0 Å². The summed E-state index contributed by atoms with van der Waals surface area (Å²) in [5.41, 5.74) is 1.74. The summed E-state index contributed by atoms with van der Waals surface area (Å²) in [6, 6.07) is 10.4. The van der Waals surface area contributed by atoms with E-state index >= 15 is 0 Å². The fourth-order valence-corrected chi connectivity index (χ4v) is 2.52. The van der Waals surface area contributed by atoms with Gasteiger partial charge in [0.15, 0.2) is 12.4 Å². The number of phenolic OH excluding ortho intramolecular Hbond substituents is 1. The number of anilines is 1. The Morgan fingerprint density at radius 1 is 1.17 bits per heavy atom. The predicted octanol–water partition coefficient (Wildman–Crippen LogP) is 1.43. The number of aromatic nitrogens is 1. The molecule has 0 amide bonds. The number of hydrazone groups is 1. The molecule has 0 atom stereocenters. The van der Waals surface area contributed by atoms with E-state index in [-0.39, 0.29) is 11.5 Å². The van der Waals surface area contributed by atoms with Crippen LogP contribution in [0.4, 0.5) is 5.69 Å². The molecule has 2 aromatic rings. The molecule has 2 N–H and O–H groups in total. The zero-order valence-electron chi connectivity index (χ0n) is 13.3. The molecule has 0 aliphatic rings. The van der Waals surface area contributed by atoms with Crippen LogP contribution in [0.1, 0.15) is 12.0 Å². The Bertz CT molecular complexity index is 787. The lowest BCUT2D eigenvalue weighted by Crippen LogP contribution is -2.33. The van der Waals surface area contributed by atoms with Crippen LogP contribution in [0.15, 0.2) is 53.9 Å². The van der Waals surface area contributed by atoms with Gasteiger partial charge in [-0.15, -0.1) is 0 Å². The van der Waals surface area contributed by atoms with Gasteiger partial charge in [-0.25, -0.2) is 4.57 Å². The third-order valence-electron chi connectivity index (χ3n) is 3.34. The molecule has 8 heteroatoms. The number of hydrogen-bond acceptors (Lipinski definition) is 5. The lowest BCUT2D eigenvalue weighted by atomic mass is 10.3. The zero-order chi connectivity index (χ0) is 17.6. The molecule has 1 aromatic carbocycles. The highest BCUT2D eigenvalue weighted by Gasteiger charge is 2.07. The third kappa shape index (κ3) is 5.98. The van der Waals surface area contributed by atoms with Gasteiger partial charge in [-0.05, 0) is 24.3 Å². The van der Waals surface area contributed by atoms with Crippen LogP contribution in [0, 0.1) is 0 Å². The second kappa shape index (κ2) is 7.89. The number of rotatable bonds is 7. The van der Waals surface area contributed by atoms with Gasteiger partial charge in [0.2, 0.25) is 0 Å². The molecular formula is C16H20N3O4S+. The van der Waals surface area contributed by atoms with E-state index in [9.17, 15) is 13.5 Å². The van der Waals surface area contributed by atoms with Crippen LogP contribution in [-0.4, -0.2) is 37.1 Å². The van der Waals surface area contributed by atoms with Crippen molar-refractivity contribution in [3.05, 3.63) is 54.4 Å². The molecule has 1 aromatic heterocycles. The first-order valence-electron chi connectivity index (χ1n) is 7.34. The maximum atomic E-state index is 10.7. The van der Waals surface area contributed by atoms with Gasteiger partial charge in [-0.1, -0.05) is 0 Å². The first-order chi connectivity index (χ1) is 11.3. The summed E-state index contributed by atoms with van der Waals surface area (Å²) >= 11 is 0. The van der Waals surface area contributed by atoms with Crippen molar-refractivity contribution in [1.29, 1.82) is 0 Å². The molecule has 0 aliphatic heterocycles. The normalized spacial score (nSPS) is 11.8. The standard InChI is InChI=1S/C16H19N3O4S/c1-18(15-3-5-16(20)6-4-15)17-13-14-7-10-19(11-8-14)9-2-12-24(21,22)23/h3-8,10-11,13H,2,9,12H2,1H3,(H-,17,20,21,22,23)/p+1. The van der Waals surface area contributed by atoms with Crippen LogP contribution < -0.4 is 9.58 Å². The SMILES string of the molecule is CN(N=Cc1cc[n+](CCCS(=O)(=O)O)cc1)c1ccc(O)cc1. The van der Waals surface area contributed by atoms with Crippen molar-refractivity contribution in [2.75, 3.05) is 17.8 Å². The Kier molecular flexibility index (Phi) is 5.88. The quantitative estimate of drug-likeness (QED) is 0.341. The Labute approximate surface area is 141 Å². The molecule has 128 valence electrons. The molecular weight excluding hydrogens is 330 g/mol. The van der Waals surface area contributed by atoms with Gasteiger partial charge < -0.3 is 5.11 Å². The Hall–Kier alpha value is -2.45. The van der Waals surface area contributed by atoms with Gasteiger partial charge in [0.05, 0.1) is 17.7 Å². The average Bonchev–Trinajstić information content (AvgIpc) is 2.53. The summed E-state index contributed by atoms with van der Waals surface area (Å²) in [4.78, 5) is 0. The summed E-state index contributed by atoms with van der Waals surface area (Å²) < 4.78 is 31.9. The summed E-state index contributed by atoms with van der Waals surface area (Å²) in [5, 5.41) is 15.3. The second-order valence-electron chi connectivity index (χ2n) is 5.29. The van der Waals surface area contributed by atoms with E-state index < -0.39 is 10.1 Å². The largest absolute Gasteiger partial charge is 0.508 e. The highest BCUT2D eigenvalue weighted by atomic mass is 32.2. The number of hydrogen-bond donors (Lipinski definition) is 2. The molecule has 0 radical (unpaired) electrons. The summed E-state index contributed by atoms with van der Waals surface area (Å²) in [6.07, 6.45) is 5.70. The highest BCUT2D eigenvalue weighted by molar-refractivity contribution is 7.85. The number of aryl methyl sites for hydroxylation is 1. The lowest BCUT2D eigenvalue weighted by molar-refractivity contribution is -0.696. The molecule has 1 heterocycles. The van der Waals surface area contributed by atoms with Gasteiger partial charge in [-0.2, -0.15) is 13.5 Å². The molecule has 0 spiro atoms. The topological polar surface area (TPSA) is 94.1 Å². The first kappa shape index (κ1) is 17.9. The first-order valence-corrected chi connectivity index (χ1v) is 8.95. The van der Waals surface area contributed by atoms with E-state index in [0.717, 1.165) is 11.3 Å². The molecule has 7 nitrogen and oxygen atoms in total. The van der Waals surface area contributed by atoms with Crippen molar-refractivity contribution in [3.8, 4) is 5.75 Å². The maximum Gasteiger partial charge on any atom is 0.265 e. The molecule has 0 bridgehead atoms. The fraction of sp³-hybridized carbons (Fsp3) is 0.250. The van der Waals surface area contributed by atoms with Crippen molar-refractivity contribution in [3.63, 3.8) is 0 Å². The third-order valence-corrected chi connectivity index (χ3v) is 4.14. The molecule has 0 unspecified atom stereocenters. The van der Waals surface area contributed by atoms with E-state index in [4.69, 9.17) is 4.55 Å². The minimum Gasteiger partial charge on any atom is -0.508 e. The molecule has 24 heavy (non-hydrogen) atoms. The van der Waals surface area contributed by atoms with Crippen LogP contribution in [0.5, 0.6) is 5.75 Å². The molecule has 0 saturated heterocycles. The van der Waals surface area contributed by atoms with Crippen molar-refractivity contribution < 1.29 is 22.6 Å². The summed E-state index contributed by atoms with van der Waals surface area (Å²) in [5.74, 6) is -0.0431. The second-order valence-corrected chi connectivity index (χ2v) is 6.87. The van der Waals surface area contributed by atoms with Crippen LogP contribution in [0.25, 0.3) is 0 Å². The molecule has 0 aliphatic carbocycles. The monoisotopic (exact) mass is 350 g/mol. The van der Waals surface area contributed by atoms with Crippen LogP contribution in [0.2, 0.25) is 0 Å². The van der Waals surface area contributed by atoms with Gasteiger partial charge in [0.25, 0.3) is 10.1 Å². The minimum atomic E-state index is -3.91. The van der Waals surface area contributed by atoms with E-state index in [1.807, 2.05) is 29.1 Å². The molecule has 0 saturated carbocycles. The maximum absolute atomic E-state index is 10.7. The van der Waals surface area contributed by atoms with Gasteiger partial charge in [0.1, 0.15) is 12.3 Å². The smallest absolute Gasteiger partial charge is 0.265 e. The van der Waals surface area contributed by atoms with Crippen LogP contribution in [0.3, 0.4) is 0 Å². The van der Waals surface area contributed by atoms with Crippen LogP contribution in [-0.2, 0) is 16.7 Å². The predicted molar refractivity (Wildman–Crippen MR) is 91.8 cm³/mol. The van der Waals surface area contributed by atoms with Crippen molar-refractivity contribution in [2.45, 2.75) is 13.0 Å². The van der Waals surface area contributed by atoms with Gasteiger partial charge in [-0.3, -0.25) is 9.56 Å². The number of aromatic hydroxyl groups is 1. The minimum absolute atomic E-state index is 0.206. The zero-order valence-corrected chi connectivity index (χ0v) is 14.1. The summed E-state index contributed by atoms with van der Waals surface area (Å²) in [7, 11) is -2.10. The number of phenols is 1. The number of benzene rings is 1. The highest BCUT2D eigenvalue weighted by Crippen LogP contribution is 2.17. The average molecular weight is 350 g/mol. The van der Waals surface area contributed by atoms with E-state index in [2.05, 4.69) is 5.10 Å². The fourth-order valence-electron chi connectivity index (χ4n) is 2.02. The Morgan fingerprint density at radius 2 is 1.79 bits per heavy atom. The molecule has 2 rings (SSSR count). The van der Waals surface area contributed by atoms with E-state index in [1.54, 1.807) is 42.5 Å². The van der Waals surface area contributed by atoms with E-state index in [0.29, 0.717) is 13.0 Å². The number of nitrogens with zero attached hydrogens (tertiary/aromatic N) is 3. The van der Waals surface area contributed by atoms with E-state index in [1.165, 1.54) is 0 Å². The van der Waals surface area contributed by atoms with Gasteiger partial charge >= 0.3 is 0 Å². The van der Waals surface area contributed by atoms with Gasteiger partial charge in [0, 0.05) is 31.2 Å². The van der Waals surface area contributed by atoms with Crippen molar-refractivity contribution in [2.24, 2.45) is 5.10 Å². The van der Waals surface area contributed by atoms with Crippen molar-refractivity contribution in [1.82, 2.24) is 0 Å². The Morgan fingerprint density at radius 3 is 2.38 bits per heavy atom. The van der Waals surface area contributed by atoms with Crippen LogP contribution >= 0.6 is 0 Å². The summed E-state index contributed by atoms with van der Waals surface area (Å²) in [6.45, 7) is 0.505.